The van der Waals surface area contributed by atoms with Crippen LogP contribution in [0.4, 0.5) is 0 Å². The van der Waals surface area contributed by atoms with Crippen LogP contribution >= 0.6 is 0 Å². The Labute approximate surface area is 191 Å². The highest BCUT2D eigenvalue weighted by Crippen LogP contribution is 2.68. The number of aromatic nitrogens is 3. The molecule has 0 saturated heterocycles. The number of aliphatic hydroxyl groups excluding tert-OH is 1. The Kier molecular flexibility index (Phi) is 5.49. The molecular weight excluding hydrogens is 402 g/mol. The molecule has 0 aromatic carbocycles. The van der Waals surface area contributed by atoms with Crippen LogP contribution in [0.1, 0.15) is 77.3 Å². The summed E-state index contributed by atoms with van der Waals surface area (Å²) < 4.78 is 0. The van der Waals surface area contributed by atoms with Crippen LogP contribution in [0.25, 0.3) is 0 Å². The minimum atomic E-state index is -0.936. The van der Waals surface area contributed by atoms with Crippen molar-refractivity contribution in [2.75, 3.05) is 6.61 Å². The summed E-state index contributed by atoms with van der Waals surface area (Å²) in [5, 5.41) is 30.7. The Morgan fingerprint density at radius 2 is 1.94 bits per heavy atom. The highest BCUT2D eigenvalue weighted by Gasteiger charge is 2.61. The molecule has 0 radical (unpaired) electrons. The Balaban J connectivity index is 1.33. The predicted octanol–water partition coefficient (Wildman–Crippen LogP) is 3.30. The largest absolute Gasteiger partial charge is 0.384 e. The quantitative estimate of drug-likeness (QED) is 0.628. The Morgan fingerprint density at radius 1 is 1.12 bits per heavy atom. The van der Waals surface area contributed by atoms with Gasteiger partial charge in [-0.2, -0.15) is 15.4 Å². The van der Waals surface area contributed by atoms with E-state index < -0.39 is 5.60 Å². The van der Waals surface area contributed by atoms with Gasteiger partial charge in [-0.05, 0) is 92.3 Å². The summed E-state index contributed by atoms with van der Waals surface area (Å²) in [6.07, 6.45) is 11.4. The number of aliphatic hydroxyl groups is 2. The van der Waals surface area contributed by atoms with Crippen molar-refractivity contribution in [3.8, 4) is 11.8 Å². The minimum absolute atomic E-state index is 0.104. The Hall–Kier alpha value is -1.71. The highest BCUT2D eigenvalue weighted by molar-refractivity contribution is 5.84. The summed E-state index contributed by atoms with van der Waals surface area (Å²) in [6.45, 7) is 4.68. The van der Waals surface area contributed by atoms with Crippen LogP contribution in [-0.2, 0) is 11.2 Å². The molecule has 5 rings (SSSR count). The number of Topliss-reactive ketones (excluding diaryl/α,β-unsaturated/α-hetero) is 1. The number of nitrogens with zero attached hydrogens (tertiary/aromatic N) is 2. The number of carbonyl (C=O) groups is 1. The van der Waals surface area contributed by atoms with Gasteiger partial charge in [0.05, 0.1) is 18.3 Å². The van der Waals surface area contributed by atoms with Gasteiger partial charge in [-0.1, -0.05) is 25.7 Å². The third-order valence-corrected chi connectivity index (χ3v) is 10.3. The number of nitrogens with one attached hydrogen (secondary N) is 1. The van der Waals surface area contributed by atoms with Gasteiger partial charge in [-0.15, -0.1) is 0 Å². The molecule has 3 N–H and O–H groups in total. The number of aromatic amines is 1. The number of hydrogen-bond acceptors (Lipinski definition) is 5. The maximum Gasteiger partial charge on any atom is 0.142 e. The molecule has 6 nitrogen and oxygen atoms in total. The number of H-pyrrole nitrogens is 1. The zero-order valence-corrected chi connectivity index (χ0v) is 19.4. The molecule has 1 aromatic rings. The van der Waals surface area contributed by atoms with E-state index >= 15 is 0 Å². The van der Waals surface area contributed by atoms with Gasteiger partial charge in [0, 0.05) is 5.92 Å². The molecule has 4 aliphatic rings. The monoisotopic (exact) mass is 439 g/mol. The van der Waals surface area contributed by atoms with Gasteiger partial charge in [-0.3, -0.25) is 4.79 Å². The van der Waals surface area contributed by atoms with E-state index in [1.54, 1.807) is 6.20 Å². The summed E-state index contributed by atoms with van der Waals surface area (Å²) >= 11 is 0. The van der Waals surface area contributed by atoms with Crippen molar-refractivity contribution in [3.63, 3.8) is 0 Å². The smallest absolute Gasteiger partial charge is 0.142 e. The summed E-state index contributed by atoms with van der Waals surface area (Å²) in [5.74, 6) is 8.62. The average molecular weight is 440 g/mol. The predicted molar refractivity (Wildman–Crippen MR) is 120 cm³/mol. The third-order valence-electron chi connectivity index (χ3n) is 10.3. The summed E-state index contributed by atoms with van der Waals surface area (Å²) in [7, 11) is 0. The molecule has 0 bridgehead atoms. The van der Waals surface area contributed by atoms with Crippen molar-refractivity contribution in [3.05, 3.63) is 11.9 Å². The van der Waals surface area contributed by atoms with E-state index in [-0.39, 0.29) is 23.4 Å². The van der Waals surface area contributed by atoms with Crippen molar-refractivity contribution in [1.82, 2.24) is 15.4 Å². The van der Waals surface area contributed by atoms with Crippen molar-refractivity contribution in [2.45, 2.75) is 83.7 Å². The van der Waals surface area contributed by atoms with E-state index in [1.165, 1.54) is 19.3 Å². The summed E-state index contributed by atoms with van der Waals surface area (Å²) in [5.41, 5.74) is 0.171. The molecule has 174 valence electrons. The molecule has 2 unspecified atom stereocenters. The van der Waals surface area contributed by atoms with E-state index in [4.69, 9.17) is 5.11 Å². The van der Waals surface area contributed by atoms with Crippen molar-refractivity contribution >= 4 is 5.78 Å². The van der Waals surface area contributed by atoms with Gasteiger partial charge in [0.15, 0.2) is 0 Å². The molecule has 8 atom stereocenters. The number of fused-ring (bicyclic) bond motifs is 5. The van der Waals surface area contributed by atoms with Gasteiger partial charge in [0.1, 0.15) is 18.0 Å². The van der Waals surface area contributed by atoms with E-state index in [2.05, 4.69) is 41.1 Å². The first kappa shape index (κ1) is 22.1. The van der Waals surface area contributed by atoms with Crippen LogP contribution in [0.15, 0.2) is 6.20 Å². The molecule has 4 aliphatic carbocycles. The SMILES string of the molecule is C[C@]12CC[C@H]3[C@@H](CCC4CC(O)(C#CCO)CC[C@@]43C)[C@@H]1CC[C@@H]2C(=O)Cc1cn[nH]n1. The van der Waals surface area contributed by atoms with Gasteiger partial charge in [-0.25, -0.2) is 0 Å². The molecule has 4 saturated carbocycles. The maximum atomic E-state index is 13.2. The minimum Gasteiger partial charge on any atom is -0.384 e. The number of hydrogen-bond donors (Lipinski definition) is 3. The molecule has 32 heavy (non-hydrogen) atoms. The van der Waals surface area contributed by atoms with E-state index in [1.807, 2.05) is 0 Å². The van der Waals surface area contributed by atoms with E-state index in [0.29, 0.717) is 42.3 Å². The maximum absolute atomic E-state index is 13.2. The topological polar surface area (TPSA) is 99.1 Å². The fourth-order valence-electron chi connectivity index (χ4n) is 8.70. The second-order valence-corrected chi connectivity index (χ2v) is 11.6. The first-order chi connectivity index (χ1) is 15.3. The van der Waals surface area contributed by atoms with Gasteiger partial charge < -0.3 is 10.2 Å². The molecule has 0 aliphatic heterocycles. The first-order valence-corrected chi connectivity index (χ1v) is 12.5. The zero-order chi connectivity index (χ0) is 22.6. The molecule has 0 spiro atoms. The normalized spacial score (nSPS) is 45.2. The lowest BCUT2D eigenvalue weighted by molar-refractivity contribution is -0.145. The van der Waals surface area contributed by atoms with E-state index in [9.17, 15) is 9.90 Å². The Bertz CT molecular complexity index is 920. The van der Waals surface area contributed by atoms with Crippen LogP contribution in [0.3, 0.4) is 0 Å². The molecular formula is C26H37N3O3. The molecule has 4 fully saturated rings. The van der Waals surface area contributed by atoms with E-state index in [0.717, 1.165) is 37.8 Å². The van der Waals surface area contributed by atoms with Crippen LogP contribution < -0.4 is 0 Å². The average Bonchev–Trinajstić information content (AvgIpc) is 3.40. The van der Waals surface area contributed by atoms with Gasteiger partial charge >= 0.3 is 0 Å². The number of ketones is 1. The van der Waals surface area contributed by atoms with Crippen LogP contribution in [0.2, 0.25) is 0 Å². The fourth-order valence-corrected chi connectivity index (χ4v) is 8.70. The summed E-state index contributed by atoms with van der Waals surface area (Å²) in [6, 6.07) is 0. The lowest BCUT2D eigenvalue weighted by Gasteiger charge is -2.61. The van der Waals surface area contributed by atoms with Gasteiger partial charge in [0.2, 0.25) is 0 Å². The zero-order valence-electron chi connectivity index (χ0n) is 19.4. The molecule has 0 amide bonds. The lowest BCUT2D eigenvalue weighted by atomic mass is 9.44. The fraction of sp³-hybridized carbons (Fsp3) is 0.808. The molecule has 6 heteroatoms. The Morgan fingerprint density at radius 3 is 2.69 bits per heavy atom. The van der Waals surface area contributed by atoms with Crippen molar-refractivity contribution in [1.29, 1.82) is 0 Å². The second-order valence-electron chi connectivity index (χ2n) is 11.6. The van der Waals surface area contributed by atoms with Crippen molar-refractivity contribution < 1.29 is 15.0 Å². The lowest BCUT2D eigenvalue weighted by Crippen LogP contribution is -2.56. The summed E-state index contributed by atoms with van der Waals surface area (Å²) in [4.78, 5) is 13.2. The van der Waals surface area contributed by atoms with Crippen LogP contribution in [0, 0.1) is 52.3 Å². The number of carbonyl (C=O) groups excluding carboxylic acids is 1. The van der Waals surface area contributed by atoms with Gasteiger partial charge in [0.25, 0.3) is 0 Å². The second kappa shape index (κ2) is 7.95. The number of rotatable bonds is 3. The highest BCUT2D eigenvalue weighted by atomic mass is 16.3. The molecule has 1 heterocycles. The standard InChI is InChI=1S/C26H37N3O3/c1-24-11-12-26(32,9-3-13-30)15-17(24)4-5-19-20-6-7-22(25(20,2)10-8-21(19)24)23(31)14-18-16-27-29-28-18/h16-17,19-22,30,32H,4-8,10-15H2,1-2H3,(H,27,28,29)/t17?,19-,20-,21-,22+,24-,25-,26?/m0/s1. The van der Waals surface area contributed by atoms with Crippen LogP contribution in [0.5, 0.6) is 0 Å². The van der Waals surface area contributed by atoms with Crippen LogP contribution in [-0.4, -0.2) is 43.6 Å². The van der Waals surface area contributed by atoms with Crippen molar-refractivity contribution in [2.24, 2.45) is 40.4 Å². The third kappa shape index (κ3) is 3.44. The molecule has 1 aromatic heterocycles. The first-order valence-electron chi connectivity index (χ1n) is 12.5.